The van der Waals surface area contributed by atoms with E-state index in [0.717, 1.165) is 19.4 Å². The van der Waals surface area contributed by atoms with E-state index in [1.165, 1.54) is 4.90 Å². The lowest BCUT2D eigenvalue weighted by molar-refractivity contribution is -0.125. The molecule has 1 aliphatic rings. The molecule has 1 aliphatic heterocycles. The topological polar surface area (TPSA) is 95.6 Å². The minimum Gasteiger partial charge on any atom is -0.384 e. The number of carbonyl (C=O) groups is 4. The number of nitrogens with one attached hydrogen (secondary N) is 2. The number of rotatable bonds is 9. The second kappa shape index (κ2) is 8.41. The molecule has 25 heavy (non-hydrogen) atoms. The Bertz CT molecular complexity index is 687. The zero-order valence-corrected chi connectivity index (χ0v) is 14.5. The molecule has 7 heteroatoms. The van der Waals surface area contributed by atoms with Crippen molar-refractivity contribution in [2.24, 2.45) is 0 Å². The van der Waals surface area contributed by atoms with Gasteiger partial charge in [0.25, 0.3) is 11.8 Å². The summed E-state index contributed by atoms with van der Waals surface area (Å²) < 4.78 is 0. The molecule has 1 unspecified atom stereocenters. The Balaban J connectivity index is 2.14. The van der Waals surface area contributed by atoms with Crippen molar-refractivity contribution in [3.63, 3.8) is 0 Å². The molecule has 0 bridgehead atoms. The average Bonchev–Trinajstić information content (AvgIpc) is 2.85. The first-order chi connectivity index (χ1) is 12.0. The van der Waals surface area contributed by atoms with Crippen LogP contribution in [0.1, 0.15) is 60.2 Å². The standard InChI is InChI=1S/C18H23N3O4/c1-3-4-10-19-14-7-5-6-13-16(14)18(25)21(17(13)24)12(2)8-9-15(23)20-11-22/h5-7,11-12,19H,3-4,8-10H2,1-2H3,(H,20,22,23). The van der Waals surface area contributed by atoms with Gasteiger partial charge >= 0.3 is 0 Å². The van der Waals surface area contributed by atoms with Crippen LogP contribution in [0.3, 0.4) is 0 Å². The third-order valence-electron chi connectivity index (χ3n) is 4.24. The van der Waals surface area contributed by atoms with Gasteiger partial charge in [0, 0.05) is 24.7 Å². The fourth-order valence-corrected chi connectivity index (χ4v) is 2.86. The van der Waals surface area contributed by atoms with E-state index in [9.17, 15) is 19.2 Å². The lowest BCUT2D eigenvalue weighted by Crippen LogP contribution is -2.38. The second-order valence-corrected chi connectivity index (χ2v) is 6.06. The van der Waals surface area contributed by atoms with Crippen LogP contribution in [-0.4, -0.2) is 41.6 Å². The van der Waals surface area contributed by atoms with Crippen LogP contribution in [0.4, 0.5) is 5.69 Å². The van der Waals surface area contributed by atoms with Gasteiger partial charge in [-0.05, 0) is 31.9 Å². The first-order valence-electron chi connectivity index (χ1n) is 8.49. The van der Waals surface area contributed by atoms with Gasteiger partial charge in [0.05, 0.1) is 11.1 Å². The van der Waals surface area contributed by atoms with Crippen LogP contribution in [0.25, 0.3) is 0 Å². The van der Waals surface area contributed by atoms with Gasteiger partial charge in [-0.2, -0.15) is 0 Å². The molecule has 0 saturated carbocycles. The van der Waals surface area contributed by atoms with E-state index < -0.39 is 11.9 Å². The van der Waals surface area contributed by atoms with Crippen LogP contribution >= 0.6 is 0 Å². The van der Waals surface area contributed by atoms with Gasteiger partial charge in [-0.15, -0.1) is 0 Å². The van der Waals surface area contributed by atoms with Gasteiger partial charge in [0.15, 0.2) is 0 Å². The minimum absolute atomic E-state index is 0.0644. The number of hydrogen-bond donors (Lipinski definition) is 2. The molecule has 134 valence electrons. The molecule has 0 spiro atoms. The summed E-state index contributed by atoms with van der Waals surface area (Å²) in [7, 11) is 0. The molecule has 2 rings (SSSR count). The molecule has 1 aromatic rings. The van der Waals surface area contributed by atoms with Gasteiger partial charge < -0.3 is 5.32 Å². The number of amides is 4. The summed E-state index contributed by atoms with van der Waals surface area (Å²) in [4.78, 5) is 48.3. The van der Waals surface area contributed by atoms with Crippen molar-refractivity contribution in [3.8, 4) is 0 Å². The largest absolute Gasteiger partial charge is 0.384 e. The Hall–Kier alpha value is -2.70. The van der Waals surface area contributed by atoms with E-state index in [2.05, 4.69) is 17.6 Å². The maximum atomic E-state index is 12.8. The number of fused-ring (bicyclic) bond motifs is 1. The van der Waals surface area contributed by atoms with E-state index in [1.54, 1.807) is 25.1 Å². The Kier molecular flexibility index (Phi) is 6.27. The number of unbranched alkanes of at least 4 members (excludes halogenated alkanes) is 1. The second-order valence-electron chi connectivity index (χ2n) is 6.06. The molecular formula is C18H23N3O4. The van der Waals surface area contributed by atoms with Crippen LogP contribution in [0.2, 0.25) is 0 Å². The minimum atomic E-state index is -0.437. The molecule has 0 aliphatic carbocycles. The van der Waals surface area contributed by atoms with E-state index >= 15 is 0 Å². The fourth-order valence-electron chi connectivity index (χ4n) is 2.86. The first-order valence-corrected chi connectivity index (χ1v) is 8.49. The van der Waals surface area contributed by atoms with E-state index in [4.69, 9.17) is 0 Å². The van der Waals surface area contributed by atoms with Crippen molar-refractivity contribution in [2.45, 2.75) is 45.6 Å². The maximum Gasteiger partial charge on any atom is 0.263 e. The Morgan fingerprint density at radius 3 is 2.72 bits per heavy atom. The zero-order chi connectivity index (χ0) is 18.4. The molecule has 4 amide bonds. The van der Waals surface area contributed by atoms with Gasteiger partial charge in [0.1, 0.15) is 0 Å². The fraction of sp³-hybridized carbons (Fsp3) is 0.444. The van der Waals surface area contributed by atoms with Gasteiger partial charge in [0.2, 0.25) is 12.3 Å². The van der Waals surface area contributed by atoms with E-state index in [-0.39, 0.29) is 18.2 Å². The smallest absolute Gasteiger partial charge is 0.263 e. The van der Waals surface area contributed by atoms with Crippen LogP contribution in [0, 0.1) is 0 Å². The first kappa shape index (κ1) is 18.6. The molecule has 0 radical (unpaired) electrons. The van der Waals surface area contributed by atoms with Crippen molar-refractivity contribution < 1.29 is 19.2 Å². The summed E-state index contributed by atoms with van der Waals surface area (Å²) >= 11 is 0. The number of benzene rings is 1. The van der Waals surface area contributed by atoms with Gasteiger partial charge in [-0.1, -0.05) is 19.4 Å². The number of nitrogens with zero attached hydrogens (tertiary/aromatic N) is 1. The predicted molar refractivity (Wildman–Crippen MR) is 93.2 cm³/mol. The van der Waals surface area contributed by atoms with Crippen LogP contribution in [-0.2, 0) is 9.59 Å². The van der Waals surface area contributed by atoms with Crippen LogP contribution in [0.5, 0.6) is 0 Å². The molecule has 2 N–H and O–H groups in total. The number of imide groups is 2. The summed E-state index contributed by atoms with van der Waals surface area (Å²) in [6, 6.07) is 4.76. The maximum absolute atomic E-state index is 12.8. The van der Waals surface area contributed by atoms with Crippen LogP contribution in [0.15, 0.2) is 18.2 Å². The van der Waals surface area contributed by atoms with Crippen molar-refractivity contribution in [2.75, 3.05) is 11.9 Å². The average molecular weight is 345 g/mol. The molecule has 1 atom stereocenters. The monoisotopic (exact) mass is 345 g/mol. The lowest BCUT2D eigenvalue weighted by Gasteiger charge is -2.22. The molecule has 0 aromatic heterocycles. The Morgan fingerprint density at radius 2 is 2.04 bits per heavy atom. The highest BCUT2D eigenvalue weighted by Crippen LogP contribution is 2.31. The summed E-state index contributed by atoms with van der Waals surface area (Å²) in [5, 5.41) is 5.27. The van der Waals surface area contributed by atoms with Crippen LogP contribution < -0.4 is 10.6 Å². The number of hydrogen-bond acceptors (Lipinski definition) is 5. The van der Waals surface area contributed by atoms with Gasteiger partial charge in [-0.3, -0.25) is 29.4 Å². The van der Waals surface area contributed by atoms with Crippen molar-refractivity contribution >= 4 is 29.8 Å². The highest BCUT2D eigenvalue weighted by atomic mass is 16.2. The SMILES string of the molecule is CCCCNc1cccc2c1C(=O)N(C(C)CCC(=O)NC=O)C2=O. The van der Waals surface area contributed by atoms with Crippen molar-refractivity contribution in [1.29, 1.82) is 0 Å². The zero-order valence-electron chi connectivity index (χ0n) is 14.5. The molecule has 1 aromatic carbocycles. The molecule has 7 nitrogen and oxygen atoms in total. The van der Waals surface area contributed by atoms with E-state index in [1.807, 2.05) is 0 Å². The van der Waals surface area contributed by atoms with Crippen molar-refractivity contribution in [3.05, 3.63) is 29.3 Å². The third-order valence-corrected chi connectivity index (χ3v) is 4.24. The molecule has 1 heterocycles. The molecular weight excluding hydrogens is 322 g/mol. The lowest BCUT2D eigenvalue weighted by atomic mass is 10.1. The quantitative estimate of drug-likeness (QED) is 0.405. The summed E-state index contributed by atoms with van der Waals surface area (Å²) in [6.45, 7) is 4.53. The van der Waals surface area contributed by atoms with E-state index in [0.29, 0.717) is 29.6 Å². The van der Waals surface area contributed by atoms with Crippen molar-refractivity contribution in [1.82, 2.24) is 10.2 Å². The third kappa shape index (κ3) is 4.04. The molecule has 0 saturated heterocycles. The number of anilines is 1. The number of carbonyl (C=O) groups excluding carboxylic acids is 4. The Morgan fingerprint density at radius 1 is 1.28 bits per heavy atom. The summed E-state index contributed by atoms with van der Waals surface area (Å²) in [5.74, 6) is -1.12. The van der Waals surface area contributed by atoms with Gasteiger partial charge in [-0.25, -0.2) is 0 Å². The highest BCUT2D eigenvalue weighted by Gasteiger charge is 2.39. The Labute approximate surface area is 146 Å². The highest BCUT2D eigenvalue weighted by molar-refractivity contribution is 6.23. The summed E-state index contributed by atoms with van der Waals surface area (Å²) in [6.07, 6.45) is 2.68. The summed E-state index contributed by atoms with van der Waals surface area (Å²) in [5.41, 5.74) is 1.45. The normalized spacial score (nSPS) is 14.2. The molecule has 0 fully saturated rings. The predicted octanol–water partition coefficient (Wildman–Crippen LogP) is 1.94.